The molecule has 7 nitrogen and oxygen atoms in total. The lowest BCUT2D eigenvalue weighted by atomic mass is 10.1. The summed E-state index contributed by atoms with van der Waals surface area (Å²) < 4.78 is 43.5. The monoisotopic (exact) mass is 418 g/mol. The van der Waals surface area contributed by atoms with Gasteiger partial charge in [0.15, 0.2) is 5.96 Å². The number of benzene rings is 2. The molecule has 0 spiro atoms. The van der Waals surface area contributed by atoms with Crippen LogP contribution in [-0.4, -0.2) is 34.1 Å². The van der Waals surface area contributed by atoms with Crippen LogP contribution >= 0.6 is 0 Å². The van der Waals surface area contributed by atoms with E-state index in [4.69, 9.17) is 0 Å². The van der Waals surface area contributed by atoms with Gasteiger partial charge in [-0.3, -0.25) is 4.99 Å². The number of alkyl halides is 3. The number of rotatable bonds is 7. The van der Waals surface area contributed by atoms with Crippen LogP contribution in [0.15, 0.2) is 66.2 Å². The largest absolute Gasteiger partial charge is 0.573 e. The van der Waals surface area contributed by atoms with Gasteiger partial charge in [0.25, 0.3) is 0 Å². The van der Waals surface area contributed by atoms with Gasteiger partial charge in [0.2, 0.25) is 0 Å². The lowest BCUT2D eigenvalue weighted by Crippen LogP contribution is -2.36. The van der Waals surface area contributed by atoms with Gasteiger partial charge < -0.3 is 15.4 Å². The van der Waals surface area contributed by atoms with Gasteiger partial charge in [0.05, 0.1) is 6.54 Å². The fourth-order valence-electron chi connectivity index (χ4n) is 2.80. The third kappa shape index (κ3) is 6.50. The first-order chi connectivity index (χ1) is 14.4. The summed E-state index contributed by atoms with van der Waals surface area (Å²) in [5.74, 6) is 0.215. The van der Waals surface area contributed by atoms with E-state index in [-0.39, 0.29) is 12.3 Å². The molecular formula is C20H21F3N6O. The first-order valence-corrected chi connectivity index (χ1v) is 9.11. The molecule has 2 aromatic carbocycles. The Labute approximate surface area is 171 Å². The van der Waals surface area contributed by atoms with Crippen molar-refractivity contribution in [1.82, 2.24) is 25.4 Å². The number of ether oxygens (including phenoxy) is 1. The molecule has 0 radical (unpaired) electrons. The summed E-state index contributed by atoms with van der Waals surface area (Å²) in [4.78, 5) is 8.04. The van der Waals surface area contributed by atoms with Gasteiger partial charge in [-0.2, -0.15) is 5.10 Å². The average Bonchev–Trinajstić information content (AvgIpc) is 3.21. The minimum Gasteiger partial charge on any atom is -0.405 e. The first-order valence-electron chi connectivity index (χ1n) is 9.11. The van der Waals surface area contributed by atoms with E-state index < -0.39 is 6.36 Å². The Morgan fingerprint density at radius 3 is 2.57 bits per heavy atom. The number of nitrogens with one attached hydrogen (secondary N) is 2. The molecule has 10 heteroatoms. The summed E-state index contributed by atoms with van der Waals surface area (Å²) in [6.45, 7) is 1.22. The summed E-state index contributed by atoms with van der Waals surface area (Å²) in [5, 5.41) is 10.2. The molecule has 2 N–H and O–H groups in total. The minimum absolute atomic E-state index is 0.123. The third-order valence-electron chi connectivity index (χ3n) is 4.13. The van der Waals surface area contributed by atoms with Crippen molar-refractivity contribution >= 4 is 5.96 Å². The summed E-state index contributed by atoms with van der Waals surface area (Å²) in [5.41, 5.74) is 2.46. The number of aliphatic imine (C=N–C) groups is 1. The Bertz CT molecular complexity index is 973. The molecule has 0 bridgehead atoms. The van der Waals surface area contributed by atoms with Crippen LogP contribution in [0, 0.1) is 0 Å². The molecular weight excluding hydrogens is 397 g/mol. The van der Waals surface area contributed by atoms with Crippen molar-refractivity contribution in [1.29, 1.82) is 0 Å². The Balaban J connectivity index is 1.56. The number of halogens is 3. The van der Waals surface area contributed by atoms with Crippen LogP contribution in [0.3, 0.4) is 0 Å². The van der Waals surface area contributed by atoms with E-state index in [2.05, 4.69) is 30.4 Å². The second-order valence-corrected chi connectivity index (χ2v) is 6.35. The second-order valence-electron chi connectivity index (χ2n) is 6.35. The van der Waals surface area contributed by atoms with Gasteiger partial charge in [-0.25, -0.2) is 9.67 Å². The highest BCUT2D eigenvalue weighted by Gasteiger charge is 2.31. The summed E-state index contributed by atoms with van der Waals surface area (Å²) in [6, 6.07) is 13.9. The molecule has 3 rings (SSSR count). The smallest absolute Gasteiger partial charge is 0.405 e. The van der Waals surface area contributed by atoms with Gasteiger partial charge in [0, 0.05) is 25.7 Å². The fourth-order valence-corrected chi connectivity index (χ4v) is 2.80. The molecule has 0 aliphatic rings. The Morgan fingerprint density at radius 1 is 1.07 bits per heavy atom. The quantitative estimate of drug-likeness (QED) is 0.456. The maximum Gasteiger partial charge on any atom is 0.573 e. The van der Waals surface area contributed by atoms with Crippen LogP contribution in [0.25, 0.3) is 0 Å². The van der Waals surface area contributed by atoms with E-state index in [0.29, 0.717) is 24.6 Å². The topological polar surface area (TPSA) is 76.4 Å². The van der Waals surface area contributed by atoms with Gasteiger partial charge in [-0.05, 0) is 17.2 Å². The lowest BCUT2D eigenvalue weighted by molar-refractivity contribution is -0.274. The SMILES string of the molecule is CN=C(NCc1cccc(Cn2cncn2)c1)NCc1ccccc1OC(F)(F)F. The zero-order valence-corrected chi connectivity index (χ0v) is 16.2. The van der Waals surface area contributed by atoms with Gasteiger partial charge in [-0.1, -0.05) is 42.5 Å². The maximum absolute atomic E-state index is 12.6. The van der Waals surface area contributed by atoms with Crippen molar-refractivity contribution in [2.45, 2.75) is 26.0 Å². The van der Waals surface area contributed by atoms with E-state index in [1.165, 1.54) is 18.5 Å². The average molecular weight is 418 g/mol. The van der Waals surface area contributed by atoms with Crippen molar-refractivity contribution in [3.05, 3.63) is 77.9 Å². The number of para-hydroxylation sites is 1. The summed E-state index contributed by atoms with van der Waals surface area (Å²) in [6.07, 6.45) is -1.61. The van der Waals surface area contributed by atoms with Crippen LogP contribution < -0.4 is 15.4 Å². The molecule has 3 aromatic rings. The highest BCUT2D eigenvalue weighted by atomic mass is 19.4. The molecule has 0 amide bonds. The van der Waals surface area contributed by atoms with Crippen LogP contribution in [-0.2, 0) is 19.6 Å². The fraction of sp³-hybridized carbons (Fsp3) is 0.250. The zero-order chi connectivity index (χ0) is 21.4. The molecule has 0 saturated heterocycles. The molecule has 30 heavy (non-hydrogen) atoms. The number of hydrogen-bond acceptors (Lipinski definition) is 4. The molecule has 0 atom stereocenters. The highest BCUT2D eigenvalue weighted by Crippen LogP contribution is 2.26. The van der Waals surface area contributed by atoms with Gasteiger partial charge in [-0.15, -0.1) is 13.2 Å². The first kappa shape index (κ1) is 21.2. The van der Waals surface area contributed by atoms with Gasteiger partial charge >= 0.3 is 6.36 Å². The van der Waals surface area contributed by atoms with Gasteiger partial charge in [0.1, 0.15) is 18.4 Å². The molecule has 0 saturated carbocycles. The maximum atomic E-state index is 12.6. The molecule has 0 unspecified atom stereocenters. The predicted molar refractivity (Wildman–Crippen MR) is 106 cm³/mol. The normalized spacial score (nSPS) is 11.9. The number of hydrogen-bond donors (Lipinski definition) is 2. The Hall–Kier alpha value is -3.56. The standard InChI is InChI=1S/C20H21F3N6O/c1-24-19(27-11-17-7-2-3-8-18(17)30-20(21,22)23)26-10-15-5-4-6-16(9-15)12-29-14-25-13-28-29/h2-9,13-14H,10-12H2,1H3,(H2,24,26,27). The molecule has 1 heterocycles. The Kier molecular flexibility index (Phi) is 6.89. The van der Waals surface area contributed by atoms with Crippen LogP contribution in [0.1, 0.15) is 16.7 Å². The van der Waals surface area contributed by atoms with Crippen molar-refractivity contribution < 1.29 is 17.9 Å². The van der Waals surface area contributed by atoms with E-state index in [1.54, 1.807) is 30.2 Å². The van der Waals surface area contributed by atoms with E-state index in [0.717, 1.165) is 11.1 Å². The van der Waals surface area contributed by atoms with Crippen LogP contribution in [0.2, 0.25) is 0 Å². The van der Waals surface area contributed by atoms with E-state index >= 15 is 0 Å². The van der Waals surface area contributed by atoms with Crippen LogP contribution in [0.4, 0.5) is 13.2 Å². The molecule has 0 fully saturated rings. The lowest BCUT2D eigenvalue weighted by Gasteiger charge is -2.16. The van der Waals surface area contributed by atoms with Crippen molar-refractivity contribution in [2.75, 3.05) is 7.05 Å². The number of aromatic nitrogens is 3. The molecule has 158 valence electrons. The predicted octanol–water partition coefficient (Wildman–Crippen LogP) is 3.09. The minimum atomic E-state index is -4.74. The number of nitrogens with zero attached hydrogens (tertiary/aromatic N) is 4. The summed E-state index contributed by atoms with van der Waals surface area (Å²) >= 11 is 0. The highest BCUT2D eigenvalue weighted by molar-refractivity contribution is 5.79. The molecule has 0 aliphatic carbocycles. The molecule has 0 aliphatic heterocycles. The van der Waals surface area contributed by atoms with E-state index in [9.17, 15) is 13.2 Å². The van der Waals surface area contributed by atoms with Crippen molar-refractivity contribution in [2.24, 2.45) is 4.99 Å². The van der Waals surface area contributed by atoms with Crippen molar-refractivity contribution in [3.8, 4) is 5.75 Å². The zero-order valence-electron chi connectivity index (χ0n) is 16.2. The Morgan fingerprint density at radius 2 is 1.83 bits per heavy atom. The summed E-state index contributed by atoms with van der Waals surface area (Å²) in [7, 11) is 1.59. The molecule has 1 aromatic heterocycles. The number of guanidine groups is 1. The second kappa shape index (κ2) is 9.77. The van der Waals surface area contributed by atoms with E-state index in [1.807, 2.05) is 24.3 Å². The van der Waals surface area contributed by atoms with Crippen LogP contribution in [0.5, 0.6) is 5.75 Å². The third-order valence-corrected chi connectivity index (χ3v) is 4.13. The van der Waals surface area contributed by atoms with Crippen molar-refractivity contribution in [3.63, 3.8) is 0 Å².